The van der Waals surface area contributed by atoms with Crippen molar-refractivity contribution in [2.24, 2.45) is 5.92 Å². The van der Waals surface area contributed by atoms with Crippen molar-refractivity contribution in [1.82, 2.24) is 0 Å². The van der Waals surface area contributed by atoms with Gasteiger partial charge < -0.3 is 0 Å². The lowest BCUT2D eigenvalue weighted by atomic mass is 10.4. The second-order valence-electron chi connectivity index (χ2n) is 2.24. The molecule has 0 heterocycles. The zero-order valence-corrected chi connectivity index (χ0v) is 4.78. The Hall–Kier alpha value is -0.470. The third-order valence-corrected chi connectivity index (χ3v) is 1.18. The third-order valence-electron chi connectivity index (χ3n) is 1.18. The number of rotatable bonds is 1. The molecule has 0 aliphatic heterocycles. The molecule has 0 aromatic heterocycles. The quantitative estimate of drug-likeness (QED) is 0.486. The van der Waals surface area contributed by atoms with Crippen LogP contribution in [-0.2, 0) is 0 Å². The van der Waals surface area contributed by atoms with Crippen molar-refractivity contribution in [3.63, 3.8) is 0 Å². The highest BCUT2D eigenvalue weighted by Gasteiger charge is 2.25. The molecule has 0 unspecified atom stereocenters. The van der Waals surface area contributed by atoms with Gasteiger partial charge in [-0.25, -0.2) is 0 Å². The summed E-state index contributed by atoms with van der Waals surface area (Å²) < 4.78 is 34.1. The monoisotopic (exact) mass is 136 g/mol. The highest BCUT2D eigenvalue weighted by Crippen LogP contribution is 2.31. The van der Waals surface area contributed by atoms with E-state index >= 15 is 0 Å². The Kier molecular flexibility index (Phi) is 1.51. The van der Waals surface area contributed by atoms with Crippen molar-refractivity contribution in [1.29, 1.82) is 0 Å². The van der Waals surface area contributed by atoms with Gasteiger partial charge in [0.15, 0.2) is 0 Å². The molecule has 1 rings (SSSR count). The Labute approximate surface area is 51.4 Å². The lowest BCUT2D eigenvalue weighted by molar-refractivity contribution is -0.0801. The van der Waals surface area contributed by atoms with Crippen LogP contribution in [0.3, 0.4) is 0 Å². The van der Waals surface area contributed by atoms with Gasteiger partial charge in [-0.15, -0.1) is 0 Å². The minimum Gasteiger partial charge on any atom is -0.167 e. The largest absolute Gasteiger partial charge is 0.409 e. The zero-order valence-electron chi connectivity index (χ0n) is 4.78. The molecule has 0 aromatic rings. The Morgan fingerprint density at radius 3 is 2.11 bits per heavy atom. The molecule has 0 N–H and O–H groups in total. The highest BCUT2D eigenvalue weighted by atomic mass is 19.4. The summed E-state index contributed by atoms with van der Waals surface area (Å²) in [7, 11) is 0. The Morgan fingerprint density at radius 2 is 1.78 bits per heavy atom. The molecular weight excluding hydrogens is 129 g/mol. The van der Waals surface area contributed by atoms with Crippen LogP contribution in [0.25, 0.3) is 0 Å². The predicted octanol–water partition coefficient (Wildman–Crippen LogP) is 2.51. The van der Waals surface area contributed by atoms with Crippen LogP contribution in [0.1, 0.15) is 12.8 Å². The standard InChI is InChI=1S/C6H7F3/c7-6(8,9)4-3-5-1-2-5/h3-5H,1-2H2/b4-3-. The summed E-state index contributed by atoms with van der Waals surface area (Å²) in [6, 6.07) is 0. The van der Waals surface area contributed by atoms with Gasteiger partial charge in [0.25, 0.3) is 0 Å². The maximum atomic E-state index is 11.4. The van der Waals surface area contributed by atoms with Crippen LogP contribution in [-0.4, -0.2) is 6.18 Å². The number of allylic oxidation sites excluding steroid dienone is 2. The van der Waals surface area contributed by atoms with Gasteiger partial charge in [-0.2, -0.15) is 13.2 Å². The van der Waals surface area contributed by atoms with Crippen LogP contribution in [0.4, 0.5) is 13.2 Å². The smallest absolute Gasteiger partial charge is 0.167 e. The van der Waals surface area contributed by atoms with Crippen molar-refractivity contribution in [3.05, 3.63) is 12.2 Å². The van der Waals surface area contributed by atoms with Crippen LogP contribution in [0.5, 0.6) is 0 Å². The van der Waals surface area contributed by atoms with E-state index in [2.05, 4.69) is 0 Å². The fourth-order valence-corrected chi connectivity index (χ4v) is 0.534. The van der Waals surface area contributed by atoms with Gasteiger partial charge in [-0.3, -0.25) is 0 Å². The molecular formula is C6H7F3. The molecule has 0 nitrogen and oxygen atoms in total. The number of hydrogen-bond acceptors (Lipinski definition) is 0. The lowest BCUT2D eigenvalue weighted by Crippen LogP contribution is -2.00. The highest BCUT2D eigenvalue weighted by molar-refractivity contribution is 4.99. The molecule has 0 atom stereocenters. The van der Waals surface area contributed by atoms with E-state index in [0.717, 1.165) is 12.8 Å². The summed E-state index contributed by atoms with van der Waals surface area (Å²) in [5.74, 6) is 0.214. The SMILES string of the molecule is FC(F)(F)/C=C\C1CC1. The summed E-state index contributed by atoms with van der Waals surface area (Å²) in [4.78, 5) is 0. The van der Waals surface area contributed by atoms with Crippen molar-refractivity contribution < 1.29 is 13.2 Å². The molecule has 1 aliphatic rings. The first-order chi connectivity index (χ1) is 4.08. The Bertz CT molecular complexity index is 119. The zero-order chi connectivity index (χ0) is 6.91. The molecule has 9 heavy (non-hydrogen) atoms. The first kappa shape index (κ1) is 6.65. The van der Waals surface area contributed by atoms with E-state index in [-0.39, 0.29) is 5.92 Å². The molecule has 0 bridgehead atoms. The van der Waals surface area contributed by atoms with Crippen LogP contribution < -0.4 is 0 Å². The van der Waals surface area contributed by atoms with Gasteiger partial charge in [0.2, 0.25) is 0 Å². The van der Waals surface area contributed by atoms with Crippen molar-refractivity contribution in [2.45, 2.75) is 19.0 Å². The molecule has 0 spiro atoms. The second-order valence-corrected chi connectivity index (χ2v) is 2.24. The normalized spacial score (nSPS) is 21.2. The van der Waals surface area contributed by atoms with Gasteiger partial charge in [-0.1, -0.05) is 6.08 Å². The lowest BCUT2D eigenvalue weighted by Gasteiger charge is -1.95. The minimum absolute atomic E-state index is 0.214. The third kappa shape index (κ3) is 3.16. The number of alkyl halides is 3. The number of halogens is 3. The van der Waals surface area contributed by atoms with Crippen LogP contribution >= 0.6 is 0 Å². The van der Waals surface area contributed by atoms with Crippen molar-refractivity contribution in [2.75, 3.05) is 0 Å². The molecule has 1 saturated carbocycles. The molecule has 0 saturated heterocycles. The number of hydrogen-bond donors (Lipinski definition) is 0. The minimum atomic E-state index is -4.11. The second kappa shape index (κ2) is 2.05. The van der Waals surface area contributed by atoms with Crippen LogP contribution in [0, 0.1) is 5.92 Å². The van der Waals surface area contributed by atoms with Gasteiger partial charge in [-0.05, 0) is 18.8 Å². The molecule has 0 aromatic carbocycles. The summed E-state index contributed by atoms with van der Waals surface area (Å²) in [5.41, 5.74) is 0. The first-order valence-electron chi connectivity index (χ1n) is 2.84. The van der Waals surface area contributed by atoms with E-state index in [1.807, 2.05) is 0 Å². The average molecular weight is 136 g/mol. The molecule has 3 heteroatoms. The van der Waals surface area contributed by atoms with E-state index in [4.69, 9.17) is 0 Å². The molecule has 0 amide bonds. The van der Waals surface area contributed by atoms with E-state index in [1.54, 1.807) is 0 Å². The fourth-order valence-electron chi connectivity index (χ4n) is 0.534. The van der Waals surface area contributed by atoms with E-state index in [0.29, 0.717) is 6.08 Å². The fraction of sp³-hybridized carbons (Fsp3) is 0.667. The Morgan fingerprint density at radius 1 is 1.22 bits per heavy atom. The molecule has 1 aliphatic carbocycles. The summed E-state index contributed by atoms with van der Waals surface area (Å²) in [5, 5.41) is 0. The maximum Gasteiger partial charge on any atom is 0.409 e. The predicted molar refractivity (Wildman–Crippen MR) is 27.9 cm³/mol. The Balaban J connectivity index is 2.29. The van der Waals surface area contributed by atoms with E-state index in [9.17, 15) is 13.2 Å². The summed E-state index contributed by atoms with van der Waals surface area (Å²) in [6.07, 6.45) is -0.702. The topological polar surface area (TPSA) is 0 Å². The molecule has 1 fully saturated rings. The van der Waals surface area contributed by atoms with Crippen LogP contribution in [0.15, 0.2) is 12.2 Å². The van der Waals surface area contributed by atoms with Crippen molar-refractivity contribution >= 4 is 0 Å². The maximum absolute atomic E-state index is 11.4. The van der Waals surface area contributed by atoms with E-state index in [1.165, 1.54) is 6.08 Å². The van der Waals surface area contributed by atoms with Crippen molar-refractivity contribution in [3.8, 4) is 0 Å². The van der Waals surface area contributed by atoms with Gasteiger partial charge in [0.1, 0.15) is 0 Å². The molecule has 52 valence electrons. The first-order valence-corrected chi connectivity index (χ1v) is 2.84. The molecule has 0 radical (unpaired) electrons. The van der Waals surface area contributed by atoms with Gasteiger partial charge >= 0.3 is 6.18 Å². The van der Waals surface area contributed by atoms with E-state index < -0.39 is 6.18 Å². The summed E-state index contributed by atoms with van der Waals surface area (Å²) >= 11 is 0. The summed E-state index contributed by atoms with van der Waals surface area (Å²) in [6.45, 7) is 0. The van der Waals surface area contributed by atoms with Crippen LogP contribution in [0.2, 0.25) is 0 Å². The van der Waals surface area contributed by atoms with Gasteiger partial charge in [0, 0.05) is 6.08 Å². The van der Waals surface area contributed by atoms with Gasteiger partial charge in [0.05, 0.1) is 0 Å². The average Bonchev–Trinajstić information content (AvgIpc) is 2.38.